The molecule has 12 aromatic rings. The second-order valence-electron chi connectivity index (χ2n) is 18.2. The van der Waals surface area contributed by atoms with Gasteiger partial charge in [0.2, 0.25) is 0 Å². The number of rotatable bonds is 15. The zero-order chi connectivity index (χ0) is 63.1. The second kappa shape index (κ2) is 41.8. The molecule has 3 amide bonds. The molecule has 0 aromatic carbocycles. The average molecular weight is 1390 g/mol. The van der Waals surface area contributed by atoms with Crippen LogP contribution in [-0.4, -0.2) is 97.2 Å². The first kappa shape index (κ1) is 71.4. The minimum Gasteiger partial charge on any atom is -0.349 e. The third kappa shape index (κ3) is 24.7. The van der Waals surface area contributed by atoms with Gasteiger partial charge in [0.25, 0.3) is 17.7 Å². The molecule has 0 saturated carbocycles. The second-order valence-corrected chi connectivity index (χ2v) is 18.2. The molecule has 18 nitrogen and oxygen atoms in total. The van der Waals surface area contributed by atoms with Gasteiger partial charge >= 0.3 is 0 Å². The van der Waals surface area contributed by atoms with Crippen LogP contribution >= 0.6 is 0 Å². The molecule has 0 atom stereocenters. The number of pyridine rings is 12. The SMILES string of the molecule is C=CCNC(=O)c1ccnc(-c2cc(C(=O)NCC=C)ccn2)c1.C=CCNC(=O)c1ccnc(-c2ccccn2)c1.[Ru].[Ru].c1ccc(-c2ccccn2)nc1.c1ccc(-c2ccccn2)nc1.c1ccc(-c2ccccn2)nc1.c1ccc(-c2ccccn2)nc1. The summed E-state index contributed by atoms with van der Waals surface area (Å²) in [5.41, 5.74) is 11.3. The quantitative estimate of drug-likeness (QED) is 0.0638. The number of carbonyl (C=O) groups excluding carboxylic acids is 3. The number of hydrogen-bond donors (Lipinski definition) is 3. The molecule has 12 heterocycles. The van der Waals surface area contributed by atoms with Gasteiger partial charge in [0.05, 0.1) is 68.3 Å². The van der Waals surface area contributed by atoms with Gasteiger partial charge in [-0.3, -0.25) is 74.2 Å². The molecule has 92 heavy (non-hydrogen) atoms. The maximum atomic E-state index is 12.0. The maximum Gasteiger partial charge on any atom is 0.251 e. The number of hydrogen-bond acceptors (Lipinski definition) is 15. The molecule has 12 rings (SSSR count). The van der Waals surface area contributed by atoms with Gasteiger partial charge in [-0.05, 0) is 146 Å². The molecule has 3 N–H and O–H groups in total. The Hall–Kier alpha value is -11.3. The summed E-state index contributed by atoms with van der Waals surface area (Å²) in [5, 5.41) is 8.12. The largest absolute Gasteiger partial charge is 0.349 e. The van der Waals surface area contributed by atoms with Crippen LogP contribution in [0.4, 0.5) is 0 Å². The molecule has 12 aromatic heterocycles. The van der Waals surface area contributed by atoms with Crippen LogP contribution in [-0.2, 0) is 39.0 Å². The normalized spacial score (nSPS) is 9.52. The Morgan fingerprint density at radius 3 is 0.576 bits per heavy atom. The fraction of sp³-hybridized carbons (Fsp3) is 0.0417. The summed E-state index contributed by atoms with van der Waals surface area (Å²) in [4.78, 5) is 86.1. The van der Waals surface area contributed by atoms with Crippen molar-refractivity contribution < 1.29 is 53.3 Å². The van der Waals surface area contributed by atoms with E-state index in [0.29, 0.717) is 53.4 Å². The van der Waals surface area contributed by atoms with Crippen LogP contribution in [0.1, 0.15) is 31.1 Å². The van der Waals surface area contributed by atoms with Crippen molar-refractivity contribution in [2.45, 2.75) is 0 Å². The number of nitrogens with one attached hydrogen (secondary N) is 3. The van der Waals surface area contributed by atoms with Crippen LogP contribution in [0.5, 0.6) is 0 Å². The number of aromatic nitrogens is 12. The molecule has 0 aliphatic rings. The van der Waals surface area contributed by atoms with Crippen molar-refractivity contribution >= 4 is 17.7 Å². The Morgan fingerprint density at radius 2 is 0.413 bits per heavy atom. The molecule has 0 fully saturated rings. The summed E-state index contributed by atoms with van der Waals surface area (Å²) in [6.07, 6.45) is 25.4. The van der Waals surface area contributed by atoms with Gasteiger partial charge < -0.3 is 16.0 Å². The van der Waals surface area contributed by atoms with E-state index in [4.69, 9.17) is 0 Å². The molecule has 0 aliphatic heterocycles. The first-order valence-electron chi connectivity index (χ1n) is 28.1. The molecular formula is C72H63N15O3Ru2. The smallest absolute Gasteiger partial charge is 0.251 e. The molecule has 0 spiro atoms. The van der Waals surface area contributed by atoms with Gasteiger partial charge in [-0.1, -0.05) is 72.8 Å². The van der Waals surface area contributed by atoms with Crippen LogP contribution < -0.4 is 16.0 Å². The van der Waals surface area contributed by atoms with E-state index in [1.807, 2.05) is 164 Å². The molecule has 0 radical (unpaired) electrons. The Labute approximate surface area is 560 Å². The van der Waals surface area contributed by atoms with Gasteiger partial charge in [0.15, 0.2) is 0 Å². The summed E-state index contributed by atoms with van der Waals surface area (Å²) >= 11 is 0. The van der Waals surface area contributed by atoms with Crippen molar-refractivity contribution in [3.05, 3.63) is 329 Å². The van der Waals surface area contributed by atoms with Crippen molar-refractivity contribution in [3.63, 3.8) is 0 Å². The van der Waals surface area contributed by atoms with Crippen LogP contribution in [0, 0.1) is 0 Å². The fourth-order valence-electron chi connectivity index (χ4n) is 7.56. The summed E-state index contributed by atoms with van der Waals surface area (Å²) in [6.45, 7) is 11.9. The standard InChI is InChI=1S/C18H18N4O2.C14H13N3O.4C10H8N2.2Ru/c1-3-7-21-17(23)13-5-9-19-15(11-13)16-12-14(6-10-20-16)18(24)22-8-4-2;1-2-7-17-14(18)11-6-9-16-13(10-11)12-5-3-4-8-15-12;4*1-3-7-11-9(5-1)10-6-2-4-8-12-10;;/h3-6,9-12H,1-2,7-8H2,(H,21,23)(H,22,24);2-6,8-10H,1,7H2,(H,17,18);4*1-8H;;. The van der Waals surface area contributed by atoms with Crippen LogP contribution in [0.2, 0.25) is 0 Å². The molecule has 0 unspecified atom stereocenters. The van der Waals surface area contributed by atoms with E-state index in [2.05, 4.69) is 95.5 Å². The van der Waals surface area contributed by atoms with Crippen molar-refractivity contribution in [2.75, 3.05) is 19.6 Å². The summed E-state index contributed by atoms with van der Waals surface area (Å²) in [7, 11) is 0. The Bertz CT molecular complexity index is 3560. The number of nitrogens with zero attached hydrogens (tertiary/aromatic N) is 12. The van der Waals surface area contributed by atoms with E-state index < -0.39 is 0 Å². The molecule has 0 saturated heterocycles. The minimum absolute atomic E-state index is 0. The van der Waals surface area contributed by atoms with Gasteiger partial charge in [-0.25, -0.2) is 0 Å². The average Bonchev–Trinajstić information content (AvgIpc) is 2.10. The summed E-state index contributed by atoms with van der Waals surface area (Å²) < 4.78 is 0. The van der Waals surface area contributed by atoms with Crippen molar-refractivity contribution in [3.8, 4) is 68.3 Å². The maximum absolute atomic E-state index is 12.0. The van der Waals surface area contributed by atoms with E-state index in [0.717, 1.165) is 51.2 Å². The predicted molar refractivity (Wildman–Crippen MR) is 352 cm³/mol. The van der Waals surface area contributed by atoms with Gasteiger partial charge in [0, 0.05) is 150 Å². The zero-order valence-electron chi connectivity index (χ0n) is 49.8. The third-order valence-electron chi connectivity index (χ3n) is 11.8. The van der Waals surface area contributed by atoms with E-state index >= 15 is 0 Å². The summed E-state index contributed by atoms with van der Waals surface area (Å²) in [5.74, 6) is -0.591. The fourth-order valence-corrected chi connectivity index (χ4v) is 7.56. The van der Waals surface area contributed by atoms with Crippen molar-refractivity contribution in [1.82, 2.24) is 75.8 Å². The molecular weight excluding hydrogens is 1330 g/mol. The Morgan fingerprint density at radius 1 is 0.250 bits per heavy atom. The van der Waals surface area contributed by atoms with E-state index in [1.165, 1.54) is 12.4 Å². The monoisotopic (exact) mass is 1390 g/mol. The summed E-state index contributed by atoms with van der Waals surface area (Å²) in [6, 6.07) is 61.8. The number of amides is 3. The predicted octanol–water partition coefficient (Wildman–Crippen LogP) is 12.6. The topological polar surface area (TPSA) is 242 Å². The number of carbonyl (C=O) groups is 3. The zero-order valence-corrected chi connectivity index (χ0v) is 53.2. The first-order chi connectivity index (χ1) is 44.3. The van der Waals surface area contributed by atoms with Crippen molar-refractivity contribution in [1.29, 1.82) is 0 Å². The van der Waals surface area contributed by atoms with Crippen LogP contribution in [0.25, 0.3) is 68.3 Å². The van der Waals surface area contributed by atoms with E-state index in [9.17, 15) is 14.4 Å². The first-order valence-corrected chi connectivity index (χ1v) is 28.1. The Balaban J connectivity index is 0.000000204. The van der Waals surface area contributed by atoms with E-state index in [-0.39, 0.29) is 56.7 Å². The third-order valence-corrected chi connectivity index (χ3v) is 11.8. The van der Waals surface area contributed by atoms with Crippen LogP contribution in [0.15, 0.2) is 313 Å². The minimum atomic E-state index is -0.224. The molecule has 0 aliphatic carbocycles. The van der Waals surface area contributed by atoms with Gasteiger partial charge in [-0.2, -0.15) is 0 Å². The van der Waals surface area contributed by atoms with Crippen LogP contribution in [0.3, 0.4) is 0 Å². The van der Waals surface area contributed by atoms with Gasteiger partial charge in [-0.15, -0.1) is 19.7 Å². The molecule has 460 valence electrons. The van der Waals surface area contributed by atoms with Crippen molar-refractivity contribution in [2.24, 2.45) is 0 Å². The molecule has 0 bridgehead atoms. The molecule has 20 heteroatoms. The Kier molecular flexibility index (Phi) is 32.4. The van der Waals surface area contributed by atoms with Gasteiger partial charge in [0.1, 0.15) is 0 Å². The van der Waals surface area contributed by atoms with E-state index in [1.54, 1.807) is 117 Å².